The smallest absolute Gasteiger partial charge is 0.266 e. The summed E-state index contributed by atoms with van der Waals surface area (Å²) in [5.74, 6) is 1.28. The van der Waals surface area contributed by atoms with Crippen molar-refractivity contribution in [1.29, 1.82) is 0 Å². The van der Waals surface area contributed by atoms with Gasteiger partial charge in [-0.05, 0) is 48.9 Å². The Morgan fingerprint density at radius 1 is 1.47 bits per heavy atom. The molecule has 2 heterocycles. The van der Waals surface area contributed by atoms with Crippen LogP contribution in [0.3, 0.4) is 0 Å². The minimum absolute atomic E-state index is 0.0502. The number of pyridine rings is 1. The highest BCUT2D eigenvalue weighted by atomic mass is 32.1. The van der Waals surface area contributed by atoms with Crippen LogP contribution in [0.5, 0.6) is 0 Å². The minimum atomic E-state index is -0.0502. The first-order chi connectivity index (χ1) is 9.22. The summed E-state index contributed by atoms with van der Waals surface area (Å²) in [7, 11) is 0. The monoisotopic (exact) mass is 272 g/mol. The summed E-state index contributed by atoms with van der Waals surface area (Å²) in [5.41, 5.74) is 1.36. The van der Waals surface area contributed by atoms with Crippen LogP contribution in [0, 0.1) is 5.92 Å². The van der Waals surface area contributed by atoms with Gasteiger partial charge in [0, 0.05) is 11.1 Å². The molecule has 3 rings (SSSR count). The van der Waals surface area contributed by atoms with Gasteiger partial charge in [-0.1, -0.05) is 13.0 Å². The van der Waals surface area contributed by atoms with Crippen molar-refractivity contribution in [3.8, 4) is 0 Å². The molecule has 1 atom stereocenters. The van der Waals surface area contributed by atoms with E-state index in [0.717, 1.165) is 23.6 Å². The lowest BCUT2D eigenvalue weighted by Crippen LogP contribution is -2.11. The molecule has 19 heavy (non-hydrogen) atoms. The third-order valence-electron chi connectivity index (χ3n) is 3.46. The molecular formula is C15H16N2OS. The van der Waals surface area contributed by atoms with Crippen LogP contribution in [0.15, 0.2) is 30.5 Å². The van der Waals surface area contributed by atoms with Gasteiger partial charge in [0.05, 0.1) is 4.88 Å². The minimum Gasteiger partial charge on any atom is -0.306 e. The molecule has 2 aromatic rings. The van der Waals surface area contributed by atoms with Crippen molar-refractivity contribution >= 4 is 23.1 Å². The number of rotatable bonds is 2. The fourth-order valence-electron chi connectivity index (χ4n) is 2.43. The van der Waals surface area contributed by atoms with Gasteiger partial charge >= 0.3 is 0 Å². The Hall–Kier alpha value is -1.68. The molecule has 1 aliphatic rings. The van der Waals surface area contributed by atoms with Crippen molar-refractivity contribution in [2.75, 3.05) is 5.32 Å². The lowest BCUT2D eigenvalue weighted by atomic mass is 9.90. The largest absolute Gasteiger partial charge is 0.306 e. The number of nitrogens with zero attached hydrogens (tertiary/aromatic N) is 1. The third kappa shape index (κ3) is 2.68. The number of nitrogens with one attached hydrogen (secondary N) is 1. The normalized spacial score (nSPS) is 17.8. The zero-order valence-corrected chi connectivity index (χ0v) is 11.7. The number of carbonyl (C=O) groups excluding carboxylic acids is 1. The molecule has 1 aliphatic carbocycles. The molecule has 0 saturated carbocycles. The van der Waals surface area contributed by atoms with Crippen LogP contribution in [-0.2, 0) is 12.8 Å². The van der Waals surface area contributed by atoms with Crippen molar-refractivity contribution in [3.63, 3.8) is 0 Å². The van der Waals surface area contributed by atoms with Gasteiger partial charge in [-0.15, -0.1) is 11.3 Å². The second-order valence-corrected chi connectivity index (χ2v) is 6.21. The number of aromatic nitrogens is 1. The maximum Gasteiger partial charge on any atom is 0.266 e. The number of carbonyl (C=O) groups is 1. The van der Waals surface area contributed by atoms with Gasteiger partial charge in [0.25, 0.3) is 5.91 Å². The summed E-state index contributed by atoms with van der Waals surface area (Å²) in [6, 6.07) is 7.55. The predicted molar refractivity (Wildman–Crippen MR) is 77.7 cm³/mol. The van der Waals surface area contributed by atoms with Gasteiger partial charge in [0.1, 0.15) is 5.82 Å². The molecule has 0 bridgehead atoms. The molecule has 0 saturated heterocycles. The molecule has 1 N–H and O–H groups in total. The van der Waals surface area contributed by atoms with Gasteiger partial charge in [-0.3, -0.25) is 4.79 Å². The maximum atomic E-state index is 12.2. The zero-order valence-electron chi connectivity index (χ0n) is 10.8. The van der Waals surface area contributed by atoms with Crippen molar-refractivity contribution in [2.45, 2.75) is 26.2 Å². The average Bonchev–Trinajstić information content (AvgIpc) is 2.83. The van der Waals surface area contributed by atoms with Gasteiger partial charge in [0.2, 0.25) is 0 Å². The van der Waals surface area contributed by atoms with E-state index in [2.05, 4.69) is 17.2 Å². The van der Waals surface area contributed by atoms with Crippen LogP contribution < -0.4 is 5.32 Å². The number of amides is 1. The Balaban J connectivity index is 1.78. The quantitative estimate of drug-likeness (QED) is 0.909. The highest BCUT2D eigenvalue weighted by Gasteiger charge is 2.20. The molecule has 0 radical (unpaired) electrons. The third-order valence-corrected chi connectivity index (χ3v) is 4.70. The Morgan fingerprint density at radius 2 is 2.37 bits per heavy atom. The molecule has 0 aromatic carbocycles. The van der Waals surface area contributed by atoms with Crippen LogP contribution >= 0.6 is 11.3 Å². The van der Waals surface area contributed by atoms with Crippen LogP contribution in [0.25, 0.3) is 0 Å². The van der Waals surface area contributed by atoms with Gasteiger partial charge in [-0.25, -0.2) is 4.98 Å². The van der Waals surface area contributed by atoms with E-state index >= 15 is 0 Å². The van der Waals surface area contributed by atoms with E-state index in [0.29, 0.717) is 5.82 Å². The lowest BCUT2D eigenvalue weighted by Gasteiger charge is -2.16. The zero-order chi connectivity index (χ0) is 13.2. The molecule has 4 heteroatoms. The van der Waals surface area contributed by atoms with E-state index in [-0.39, 0.29) is 5.91 Å². The summed E-state index contributed by atoms with van der Waals surface area (Å²) in [5, 5.41) is 2.84. The number of hydrogen-bond donors (Lipinski definition) is 1. The van der Waals surface area contributed by atoms with E-state index in [1.807, 2.05) is 18.2 Å². The molecule has 2 aromatic heterocycles. The van der Waals surface area contributed by atoms with Gasteiger partial charge in [-0.2, -0.15) is 0 Å². The summed E-state index contributed by atoms with van der Waals surface area (Å²) < 4.78 is 0. The summed E-state index contributed by atoms with van der Waals surface area (Å²) >= 11 is 1.62. The van der Waals surface area contributed by atoms with E-state index in [9.17, 15) is 4.79 Å². The Kier molecular flexibility index (Phi) is 3.34. The summed E-state index contributed by atoms with van der Waals surface area (Å²) in [6.45, 7) is 2.27. The highest BCUT2D eigenvalue weighted by molar-refractivity contribution is 7.14. The predicted octanol–water partition coefficient (Wildman–Crippen LogP) is 3.52. The highest BCUT2D eigenvalue weighted by Crippen LogP contribution is 2.32. The first kappa shape index (κ1) is 12.4. The molecule has 3 nitrogen and oxygen atoms in total. The van der Waals surface area contributed by atoms with Crippen LogP contribution in [0.2, 0.25) is 0 Å². The Bertz CT molecular complexity index is 591. The van der Waals surface area contributed by atoms with Crippen molar-refractivity contribution in [2.24, 2.45) is 5.92 Å². The van der Waals surface area contributed by atoms with Crippen LogP contribution in [0.1, 0.15) is 33.5 Å². The number of thiophene rings is 1. The number of hydrogen-bond acceptors (Lipinski definition) is 3. The molecule has 0 aliphatic heterocycles. The second kappa shape index (κ2) is 5.13. The van der Waals surface area contributed by atoms with E-state index in [1.54, 1.807) is 23.6 Å². The van der Waals surface area contributed by atoms with E-state index < -0.39 is 0 Å². The van der Waals surface area contributed by atoms with Gasteiger partial charge < -0.3 is 5.32 Å². The fourth-order valence-corrected chi connectivity index (χ4v) is 3.54. The van der Waals surface area contributed by atoms with Crippen molar-refractivity contribution < 1.29 is 4.79 Å². The number of aryl methyl sites for hydroxylation is 1. The molecule has 98 valence electrons. The number of fused-ring (bicyclic) bond motifs is 1. The van der Waals surface area contributed by atoms with Crippen LogP contribution in [0.4, 0.5) is 5.82 Å². The van der Waals surface area contributed by atoms with Crippen molar-refractivity contribution in [1.82, 2.24) is 4.98 Å². The Labute approximate surface area is 116 Å². The molecule has 0 fully saturated rings. The molecular weight excluding hydrogens is 256 g/mol. The average molecular weight is 272 g/mol. The fraction of sp³-hybridized carbons (Fsp3) is 0.333. The topological polar surface area (TPSA) is 42.0 Å². The number of anilines is 1. The molecule has 0 spiro atoms. The first-order valence-corrected chi connectivity index (χ1v) is 7.38. The first-order valence-electron chi connectivity index (χ1n) is 6.56. The van der Waals surface area contributed by atoms with Gasteiger partial charge in [0.15, 0.2) is 0 Å². The second-order valence-electron chi connectivity index (χ2n) is 5.08. The standard InChI is InChI=1S/C15H16N2OS/c1-10-5-6-12-11(8-10)9-13(19-12)15(18)17-14-4-2-3-7-16-14/h2-4,7,9-10H,5-6,8H2,1H3,(H,16,17,18). The summed E-state index contributed by atoms with van der Waals surface area (Å²) in [4.78, 5) is 18.5. The molecule has 1 unspecified atom stereocenters. The van der Waals surface area contributed by atoms with E-state index in [4.69, 9.17) is 0 Å². The maximum absolute atomic E-state index is 12.2. The van der Waals surface area contributed by atoms with Crippen molar-refractivity contribution in [3.05, 3.63) is 45.8 Å². The van der Waals surface area contributed by atoms with Crippen LogP contribution in [-0.4, -0.2) is 10.9 Å². The van der Waals surface area contributed by atoms with E-state index in [1.165, 1.54) is 16.9 Å². The summed E-state index contributed by atoms with van der Waals surface area (Å²) in [6.07, 6.45) is 5.12. The molecule has 1 amide bonds. The SMILES string of the molecule is CC1CCc2sc(C(=O)Nc3ccccn3)cc2C1. The Morgan fingerprint density at radius 3 is 3.16 bits per heavy atom. The lowest BCUT2D eigenvalue weighted by molar-refractivity contribution is 0.103.